The zero-order chi connectivity index (χ0) is 33.7. The van der Waals surface area contributed by atoms with Crippen LogP contribution in [-0.4, -0.2) is 134 Å². The number of hydrogen-bond donors (Lipinski definition) is 2. The number of hydrogen-bond acceptors (Lipinski definition) is 13. The van der Waals surface area contributed by atoms with Crippen molar-refractivity contribution in [1.29, 1.82) is 5.26 Å². The Balaban J connectivity index is 1.11. The maximum absolute atomic E-state index is 13.6. The van der Waals surface area contributed by atoms with Gasteiger partial charge in [0.25, 0.3) is 0 Å². The van der Waals surface area contributed by atoms with Crippen LogP contribution in [0.5, 0.6) is 0 Å². The molecule has 2 N–H and O–H groups in total. The minimum Gasteiger partial charge on any atom is -0.389 e. The number of likely N-dealkylation sites (tertiary alicyclic amines) is 2. The predicted octanol–water partition coefficient (Wildman–Crippen LogP) is 1.54. The van der Waals surface area contributed by atoms with E-state index in [0.29, 0.717) is 71.9 Å². The number of aliphatic hydroxyl groups excluding tert-OH is 2. The highest BCUT2D eigenvalue weighted by atomic mass is 32.1. The molecule has 1 atom stereocenters. The highest BCUT2D eigenvalue weighted by molar-refractivity contribution is 7.20. The van der Waals surface area contributed by atoms with E-state index in [1.165, 1.54) is 34.8 Å². The predicted molar refractivity (Wildman–Crippen MR) is 178 cm³/mol. The largest absolute Gasteiger partial charge is 0.389 e. The number of nitrogens with zero attached hydrogens (tertiary/aromatic N) is 10. The van der Waals surface area contributed by atoms with Crippen LogP contribution in [0.2, 0.25) is 0 Å². The van der Waals surface area contributed by atoms with Gasteiger partial charge in [0.15, 0.2) is 10.9 Å². The van der Waals surface area contributed by atoms with Gasteiger partial charge in [0.1, 0.15) is 22.5 Å². The Labute approximate surface area is 283 Å². The smallest absolute Gasteiger partial charge is 0.236 e. The van der Waals surface area contributed by atoms with Crippen LogP contribution in [0, 0.1) is 17.1 Å². The Hall–Kier alpha value is -4.21. The van der Waals surface area contributed by atoms with E-state index in [1.54, 1.807) is 26.4 Å². The number of anilines is 3. The zero-order valence-electron chi connectivity index (χ0n) is 26.5. The summed E-state index contributed by atoms with van der Waals surface area (Å²) in [6.45, 7) is 4.61. The van der Waals surface area contributed by atoms with E-state index < -0.39 is 12.2 Å². The van der Waals surface area contributed by atoms with Crippen LogP contribution in [0.1, 0.15) is 23.9 Å². The maximum atomic E-state index is 13.6. The molecule has 1 aromatic carbocycles. The Morgan fingerprint density at radius 1 is 1.02 bits per heavy atom. The quantitative estimate of drug-likeness (QED) is 0.248. The van der Waals surface area contributed by atoms with Gasteiger partial charge in [-0.15, -0.1) is 5.10 Å². The lowest BCUT2D eigenvalue weighted by molar-refractivity contribution is -0.147. The van der Waals surface area contributed by atoms with Gasteiger partial charge in [-0.1, -0.05) is 29.6 Å². The summed E-state index contributed by atoms with van der Waals surface area (Å²) in [6, 6.07) is 8.05. The van der Waals surface area contributed by atoms with Gasteiger partial charge in [0, 0.05) is 57.9 Å². The third-order valence-electron chi connectivity index (χ3n) is 9.07. The van der Waals surface area contributed by atoms with E-state index in [2.05, 4.69) is 11.0 Å². The zero-order valence-corrected chi connectivity index (χ0v) is 28.1. The van der Waals surface area contributed by atoms with Crippen LogP contribution in [0.25, 0.3) is 16.2 Å². The van der Waals surface area contributed by atoms with Crippen molar-refractivity contribution in [2.45, 2.75) is 38.0 Å². The molecule has 0 saturated carbocycles. The van der Waals surface area contributed by atoms with Gasteiger partial charge in [-0.2, -0.15) is 9.78 Å². The lowest BCUT2D eigenvalue weighted by Crippen LogP contribution is -2.59. The van der Waals surface area contributed by atoms with Crippen LogP contribution < -0.4 is 9.80 Å². The third kappa shape index (κ3) is 6.10. The van der Waals surface area contributed by atoms with Crippen molar-refractivity contribution in [2.75, 3.05) is 69.2 Å². The average molecular weight is 695 g/mol. The summed E-state index contributed by atoms with van der Waals surface area (Å²) in [5.74, 6) is 0.136. The second-order valence-corrected chi connectivity index (χ2v) is 14.3. The summed E-state index contributed by atoms with van der Waals surface area (Å²) < 4.78 is 15.4. The Bertz CT molecular complexity index is 1840. The molecular formula is C31H35FN10O4S2. The average Bonchev–Trinajstić information content (AvgIpc) is 3.84. The molecule has 17 heteroatoms. The van der Waals surface area contributed by atoms with Gasteiger partial charge in [0.2, 0.25) is 21.9 Å². The molecule has 0 unspecified atom stereocenters. The number of aryl methyl sites for hydroxylation is 1. The van der Waals surface area contributed by atoms with E-state index in [4.69, 9.17) is 15.1 Å². The molecule has 0 spiro atoms. The normalized spacial score (nSPS) is 18.4. The number of aliphatic hydroxyl groups is 2. The van der Waals surface area contributed by atoms with Crippen molar-refractivity contribution < 1.29 is 24.2 Å². The first-order valence-electron chi connectivity index (χ1n) is 15.8. The SMILES string of the molecule is CCc1nc2sc(N3CC[C@@H](N(CC(=O)N4CC(O)C4)CC(=O)N4CC(O)C4)C3)nn2c1N(C)c1nc(-c2ccc(F)cc2)c(C#N)s1. The summed E-state index contributed by atoms with van der Waals surface area (Å²) in [5.41, 5.74) is 1.97. The third-order valence-corrected chi connectivity index (χ3v) is 11.1. The van der Waals surface area contributed by atoms with Gasteiger partial charge in [-0.25, -0.2) is 14.4 Å². The topological polar surface area (TPSA) is 158 Å². The molecule has 3 fully saturated rings. The summed E-state index contributed by atoms with van der Waals surface area (Å²) in [6.07, 6.45) is 0.367. The van der Waals surface area contributed by atoms with E-state index in [0.717, 1.165) is 23.1 Å². The molecule has 14 nitrogen and oxygen atoms in total. The van der Waals surface area contributed by atoms with Crippen LogP contribution in [-0.2, 0) is 16.0 Å². The minimum absolute atomic E-state index is 0.0712. The number of carbonyl (C=O) groups is 2. The molecule has 4 aromatic rings. The first-order chi connectivity index (χ1) is 23.1. The Morgan fingerprint density at radius 2 is 1.67 bits per heavy atom. The molecule has 3 aromatic heterocycles. The van der Waals surface area contributed by atoms with Crippen molar-refractivity contribution in [3.8, 4) is 17.3 Å². The summed E-state index contributed by atoms with van der Waals surface area (Å²) >= 11 is 2.70. The van der Waals surface area contributed by atoms with Crippen LogP contribution in [0.3, 0.4) is 0 Å². The number of imidazole rings is 1. The molecule has 6 heterocycles. The second kappa shape index (κ2) is 13.0. The van der Waals surface area contributed by atoms with Gasteiger partial charge in [0.05, 0.1) is 31.0 Å². The number of thiazole rings is 1. The van der Waals surface area contributed by atoms with Crippen molar-refractivity contribution in [3.63, 3.8) is 0 Å². The first-order valence-corrected chi connectivity index (χ1v) is 17.4. The number of rotatable bonds is 10. The summed E-state index contributed by atoms with van der Waals surface area (Å²) in [7, 11) is 1.86. The lowest BCUT2D eigenvalue weighted by atomic mass is 10.1. The first kappa shape index (κ1) is 32.3. The highest BCUT2D eigenvalue weighted by Crippen LogP contribution is 2.38. The van der Waals surface area contributed by atoms with Crippen LogP contribution in [0.4, 0.5) is 20.5 Å². The number of halogens is 1. The monoisotopic (exact) mass is 694 g/mol. The number of amides is 2. The van der Waals surface area contributed by atoms with Crippen molar-refractivity contribution >= 4 is 55.5 Å². The standard InChI is InChI=1S/C31H35FN10O4S2/c1-3-23-28(37(2)29-35-27(24(10-33)47-29)18-4-6-19(32)7-5-18)42-30(34-23)48-31(36-42)38-9-8-20(11-38)39(16-25(45)40-12-21(43)13-40)17-26(46)41-14-22(44)15-41/h4-7,20-22,43-44H,3,8-9,11-17H2,1-2H3/t20-/m1/s1. The van der Waals surface area contributed by atoms with E-state index in [1.807, 2.05) is 23.8 Å². The highest BCUT2D eigenvalue weighted by Gasteiger charge is 2.37. The molecule has 7 rings (SSSR count). The maximum Gasteiger partial charge on any atom is 0.236 e. The van der Waals surface area contributed by atoms with Crippen LogP contribution in [0.15, 0.2) is 24.3 Å². The van der Waals surface area contributed by atoms with E-state index in [-0.39, 0.29) is 36.8 Å². The number of nitriles is 1. The lowest BCUT2D eigenvalue weighted by Gasteiger charge is -2.40. The molecule has 0 aliphatic carbocycles. The molecule has 3 aliphatic heterocycles. The van der Waals surface area contributed by atoms with Gasteiger partial charge in [-0.3, -0.25) is 14.5 Å². The fraction of sp³-hybridized carbons (Fsp3) is 0.484. The van der Waals surface area contributed by atoms with Crippen molar-refractivity contribution in [1.82, 2.24) is 34.3 Å². The number of β-amino-alcohol motifs (C(OH)–C–C–N with tert-alkyl or cyclic N) is 2. The van der Waals surface area contributed by atoms with E-state index in [9.17, 15) is 29.5 Å². The van der Waals surface area contributed by atoms with Crippen LogP contribution >= 0.6 is 22.7 Å². The fourth-order valence-electron chi connectivity index (χ4n) is 6.29. The molecule has 0 bridgehead atoms. The Kier molecular flexibility index (Phi) is 8.77. The molecule has 252 valence electrons. The number of fused-ring (bicyclic) bond motifs is 1. The minimum atomic E-state index is -0.504. The second-order valence-electron chi connectivity index (χ2n) is 12.4. The molecule has 2 amide bonds. The van der Waals surface area contributed by atoms with Gasteiger partial charge in [-0.05, 0) is 37.1 Å². The van der Waals surface area contributed by atoms with Gasteiger partial charge >= 0.3 is 0 Å². The summed E-state index contributed by atoms with van der Waals surface area (Å²) in [4.78, 5) is 45.9. The fourth-order valence-corrected chi connectivity index (χ4v) is 8.08. The van der Waals surface area contributed by atoms with Gasteiger partial charge < -0.3 is 29.8 Å². The summed E-state index contributed by atoms with van der Waals surface area (Å²) in [5, 5.41) is 35.5. The number of benzene rings is 1. The molecular weight excluding hydrogens is 660 g/mol. The molecule has 0 radical (unpaired) electrons. The number of aromatic nitrogens is 4. The van der Waals surface area contributed by atoms with Crippen molar-refractivity contribution in [3.05, 3.63) is 40.7 Å². The number of carbonyl (C=O) groups excluding carboxylic acids is 2. The Morgan fingerprint density at radius 3 is 2.25 bits per heavy atom. The molecule has 3 saturated heterocycles. The van der Waals surface area contributed by atoms with E-state index >= 15 is 0 Å². The molecule has 48 heavy (non-hydrogen) atoms. The van der Waals surface area contributed by atoms with Crippen molar-refractivity contribution in [2.24, 2.45) is 0 Å². The molecule has 3 aliphatic rings.